The van der Waals surface area contributed by atoms with E-state index in [2.05, 4.69) is 15.0 Å². The fourth-order valence-corrected chi connectivity index (χ4v) is 3.06. The summed E-state index contributed by atoms with van der Waals surface area (Å²) in [7, 11) is -4.43. The highest BCUT2D eigenvalue weighted by atomic mass is 32.2. The molecule has 1 rings (SSSR count). The van der Waals surface area contributed by atoms with E-state index in [0.717, 1.165) is 0 Å². The van der Waals surface area contributed by atoms with Crippen LogP contribution in [0.25, 0.3) is 0 Å². The predicted octanol–water partition coefficient (Wildman–Crippen LogP) is 0.560. The number of rotatable bonds is 8. The van der Waals surface area contributed by atoms with Gasteiger partial charge in [-0.25, -0.2) is 18.1 Å². The van der Waals surface area contributed by atoms with Gasteiger partial charge in [0.05, 0.1) is 4.90 Å². The van der Waals surface area contributed by atoms with Crippen LogP contribution in [0.1, 0.15) is 13.3 Å². The summed E-state index contributed by atoms with van der Waals surface area (Å²) >= 11 is 0. The van der Waals surface area contributed by atoms with Crippen LogP contribution >= 0.6 is 0 Å². The van der Waals surface area contributed by atoms with Crippen molar-refractivity contribution < 1.29 is 12.6 Å². The number of aromatic nitrogens is 1. The van der Waals surface area contributed by atoms with Crippen LogP contribution in [-0.2, 0) is 20.8 Å². The monoisotopic (exact) mass is 305 g/mol. The molecule has 19 heavy (non-hydrogen) atoms. The van der Waals surface area contributed by atoms with Crippen LogP contribution < -0.4 is 10.0 Å². The third kappa shape index (κ3) is 5.66. The Bertz CT molecular complexity index is 532. The lowest BCUT2D eigenvalue weighted by Crippen LogP contribution is -2.25. The quantitative estimate of drug-likeness (QED) is 0.685. The minimum absolute atomic E-state index is 0.177. The first kappa shape index (κ1) is 16.1. The second-order valence-corrected chi connectivity index (χ2v) is 7.26. The van der Waals surface area contributed by atoms with Crippen LogP contribution in [0, 0.1) is 0 Å². The molecule has 0 saturated heterocycles. The molecule has 0 aliphatic rings. The lowest BCUT2D eigenvalue weighted by Gasteiger charge is -2.08. The molecule has 1 atom stereocenters. The fourth-order valence-electron chi connectivity index (χ4n) is 1.42. The molecule has 6 nitrogen and oxygen atoms in total. The molecule has 1 unspecified atom stereocenters. The molecule has 108 valence electrons. The Morgan fingerprint density at radius 3 is 2.79 bits per heavy atom. The Balaban J connectivity index is 2.66. The SMILES string of the molecule is CCNc1cc(S(=O)(=O)NCCCS(C)=O)ccn1. The van der Waals surface area contributed by atoms with E-state index in [4.69, 9.17) is 0 Å². The lowest BCUT2D eigenvalue weighted by atomic mass is 10.4. The maximum Gasteiger partial charge on any atom is 0.240 e. The van der Waals surface area contributed by atoms with Crippen molar-refractivity contribution in [1.82, 2.24) is 9.71 Å². The van der Waals surface area contributed by atoms with Gasteiger partial charge in [-0.05, 0) is 19.4 Å². The van der Waals surface area contributed by atoms with E-state index in [1.807, 2.05) is 6.92 Å². The zero-order valence-electron chi connectivity index (χ0n) is 11.0. The summed E-state index contributed by atoms with van der Waals surface area (Å²) in [6, 6.07) is 2.94. The highest BCUT2D eigenvalue weighted by Gasteiger charge is 2.14. The second kappa shape index (κ2) is 7.56. The summed E-state index contributed by atoms with van der Waals surface area (Å²) in [4.78, 5) is 4.20. The number of hydrogen-bond donors (Lipinski definition) is 2. The number of pyridine rings is 1. The van der Waals surface area contributed by atoms with Crippen LogP contribution in [0.3, 0.4) is 0 Å². The molecule has 0 aliphatic carbocycles. The molecule has 0 bridgehead atoms. The third-order valence-electron chi connectivity index (χ3n) is 2.30. The minimum Gasteiger partial charge on any atom is -0.370 e. The van der Waals surface area contributed by atoms with Crippen molar-refractivity contribution in [3.8, 4) is 0 Å². The van der Waals surface area contributed by atoms with E-state index in [0.29, 0.717) is 24.5 Å². The average Bonchev–Trinajstić information content (AvgIpc) is 2.35. The van der Waals surface area contributed by atoms with Crippen molar-refractivity contribution >= 4 is 26.6 Å². The van der Waals surface area contributed by atoms with E-state index in [1.165, 1.54) is 18.3 Å². The van der Waals surface area contributed by atoms with Crippen molar-refractivity contribution in [2.45, 2.75) is 18.2 Å². The Morgan fingerprint density at radius 1 is 1.42 bits per heavy atom. The van der Waals surface area contributed by atoms with E-state index in [9.17, 15) is 12.6 Å². The number of sulfonamides is 1. The van der Waals surface area contributed by atoms with Crippen LogP contribution in [0.15, 0.2) is 23.2 Å². The number of anilines is 1. The molecule has 2 N–H and O–H groups in total. The van der Waals surface area contributed by atoms with Gasteiger partial charge in [0.1, 0.15) is 5.82 Å². The van der Waals surface area contributed by atoms with E-state index in [1.54, 1.807) is 6.26 Å². The van der Waals surface area contributed by atoms with Crippen LogP contribution in [0.2, 0.25) is 0 Å². The van der Waals surface area contributed by atoms with Crippen LogP contribution in [-0.4, -0.2) is 42.7 Å². The average molecular weight is 305 g/mol. The Labute approximate surface area is 116 Å². The maximum atomic E-state index is 12.0. The number of nitrogens with zero attached hydrogens (tertiary/aromatic N) is 1. The first-order chi connectivity index (χ1) is 8.95. The molecule has 0 fully saturated rings. The van der Waals surface area contributed by atoms with Gasteiger partial charge >= 0.3 is 0 Å². The largest absolute Gasteiger partial charge is 0.370 e. The van der Waals surface area contributed by atoms with Crippen molar-refractivity contribution in [3.05, 3.63) is 18.3 Å². The topological polar surface area (TPSA) is 88.2 Å². The van der Waals surface area contributed by atoms with Gasteiger partial charge in [0, 0.05) is 48.2 Å². The van der Waals surface area contributed by atoms with Crippen molar-refractivity contribution in [3.63, 3.8) is 0 Å². The van der Waals surface area contributed by atoms with Gasteiger partial charge in [0.25, 0.3) is 0 Å². The molecule has 0 aromatic carbocycles. The van der Waals surface area contributed by atoms with Gasteiger partial charge < -0.3 is 5.32 Å². The fraction of sp³-hybridized carbons (Fsp3) is 0.545. The zero-order chi connectivity index (χ0) is 14.3. The van der Waals surface area contributed by atoms with Gasteiger partial charge in [-0.2, -0.15) is 0 Å². The number of hydrogen-bond acceptors (Lipinski definition) is 5. The molecule has 0 radical (unpaired) electrons. The molecule has 1 aromatic heterocycles. The summed E-state index contributed by atoms with van der Waals surface area (Å²) in [5.41, 5.74) is 0. The highest BCUT2D eigenvalue weighted by Crippen LogP contribution is 2.12. The van der Waals surface area contributed by atoms with Gasteiger partial charge in [0.2, 0.25) is 10.0 Å². The normalized spacial score (nSPS) is 13.2. The lowest BCUT2D eigenvalue weighted by molar-refractivity contribution is 0.580. The molecule has 0 spiro atoms. The molecule has 1 aromatic rings. The zero-order valence-corrected chi connectivity index (χ0v) is 12.7. The molecule has 1 heterocycles. The van der Waals surface area contributed by atoms with Gasteiger partial charge in [-0.1, -0.05) is 0 Å². The molecular formula is C11H19N3O3S2. The summed E-state index contributed by atoms with van der Waals surface area (Å²) in [6.45, 7) is 2.86. The number of nitrogens with one attached hydrogen (secondary N) is 2. The molecule has 0 amide bonds. The Kier molecular flexibility index (Phi) is 6.40. The van der Waals surface area contributed by atoms with Gasteiger partial charge in [-0.15, -0.1) is 0 Å². The van der Waals surface area contributed by atoms with Crippen LogP contribution in [0.5, 0.6) is 0 Å². The standard InChI is InChI=1S/C11H19N3O3S2/c1-3-12-11-9-10(5-7-13-11)19(16,17)14-6-4-8-18(2)15/h5,7,9,14H,3-4,6,8H2,1-2H3,(H,12,13). The molecule has 0 aliphatic heterocycles. The summed E-state index contributed by atoms with van der Waals surface area (Å²) in [6.07, 6.45) is 3.60. The minimum atomic E-state index is -3.53. The Morgan fingerprint density at radius 2 is 2.16 bits per heavy atom. The Hall–Kier alpha value is -0.990. The van der Waals surface area contributed by atoms with Crippen LogP contribution in [0.4, 0.5) is 5.82 Å². The third-order valence-corrected chi connectivity index (χ3v) is 4.62. The predicted molar refractivity (Wildman–Crippen MR) is 77.1 cm³/mol. The van der Waals surface area contributed by atoms with Crippen molar-refractivity contribution in [1.29, 1.82) is 0 Å². The summed E-state index contributed by atoms with van der Waals surface area (Å²) in [5.74, 6) is 1.02. The summed E-state index contributed by atoms with van der Waals surface area (Å²) in [5, 5.41) is 2.96. The van der Waals surface area contributed by atoms with Crippen molar-refractivity contribution in [2.75, 3.05) is 30.4 Å². The molecular weight excluding hydrogens is 286 g/mol. The van der Waals surface area contributed by atoms with E-state index >= 15 is 0 Å². The molecule has 8 heteroatoms. The first-order valence-electron chi connectivity index (χ1n) is 5.95. The van der Waals surface area contributed by atoms with Gasteiger partial charge in [-0.3, -0.25) is 4.21 Å². The smallest absolute Gasteiger partial charge is 0.240 e. The van der Waals surface area contributed by atoms with E-state index < -0.39 is 20.8 Å². The maximum absolute atomic E-state index is 12.0. The van der Waals surface area contributed by atoms with Crippen molar-refractivity contribution in [2.24, 2.45) is 0 Å². The summed E-state index contributed by atoms with van der Waals surface area (Å²) < 4.78 is 37.3. The second-order valence-electron chi connectivity index (χ2n) is 3.94. The van der Waals surface area contributed by atoms with Gasteiger partial charge in [0.15, 0.2) is 0 Å². The first-order valence-corrected chi connectivity index (χ1v) is 9.16. The molecule has 0 saturated carbocycles. The highest BCUT2D eigenvalue weighted by molar-refractivity contribution is 7.89. The van der Waals surface area contributed by atoms with E-state index in [-0.39, 0.29) is 11.4 Å².